The zero-order chi connectivity index (χ0) is 14.7. The number of benzene rings is 1. The van der Waals surface area contributed by atoms with Gasteiger partial charge in [0, 0.05) is 11.8 Å². The molecular formula is C15H12N2O3. The molecule has 0 spiro atoms. The Hall–Kier alpha value is -2.87. The molecule has 0 fully saturated rings. The molecule has 100 valence electrons. The van der Waals surface area contributed by atoms with Gasteiger partial charge in [0.05, 0.1) is 11.6 Å². The fourth-order valence-electron chi connectivity index (χ4n) is 1.82. The summed E-state index contributed by atoms with van der Waals surface area (Å²) >= 11 is 0. The van der Waals surface area contributed by atoms with Gasteiger partial charge >= 0.3 is 5.97 Å². The Labute approximate surface area is 116 Å². The molecule has 0 aliphatic carbocycles. The summed E-state index contributed by atoms with van der Waals surface area (Å²) in [4.78, 5) is 15.4. The molecule has 0 aliphatic heterocycles. The van der Waals surface area contributed by atoms with E-state index in [0.29, 0.717) is 16.8 Å². The summed E-state index contributed by atoms with van der Waals surface area (Å²) < 4.78 is 5.58. The van der Waals surface area contributed by atoms with Crippen LogP contribution in [0.2, 0.25) is 0 Å². The lowest BCUT2D eigenvalue weighted by atomic mass is 10.1. The van der Waals surface area contributed by atoms with Crippen LogP contribution in [0.3, 0.4) is 0 Å². The molecule has 1 heterocycles. The Kier molecular flexibility index (Phi) is 3.67. The number of aryl methyl sites for hydroxylation is 2. The number of ether oxygens (including phenoxy) is 1. The minimum atomic E-state index is -1.07. The Balaban J connectivity index is 2.48. The Bertz CT molecular complexity index is 718. The third kappa shape index (κ3) is 2.75. The van der Waals surface area contributed by atoms with Crippen LogP contribution in [0, 0.1) is 25.2 Å². The van der Waals surface area contributed by atoms with E-state index in [1.54, 1.807) is 32.0 Å². The van der Waals surface area contributed by atoms with E-state index < -0.39 is 5.97 Å². The first kappa shape index (κ1) is 13.6. The van der Waals surface area contributed by atoms with Gasteiger partial charge in [-0.05, 0) is 31.5 Å². The molecule has 0 aliphatic rings. The summed E-state index contributed by atoms with van der Waals surface area (Å²) in [6.07, 6.45) is 0. The lowest BCUT2D eigenvalue weighted by Gasteiger charge is -2.11. The third-order valence-corrected chi connectivity index (χ3v) is 2.71. The van der Waals surface area contributed by atoms with Gasteiger partial charge in [-0.25, -0.2) is 9.78 Å². The van der Waals surface area contributed by atoms with Crippen molar-refractivity contribution in [2.75, 3.05) is 0 Å². The molecule has 1 N–H and O–H groups in total. The van der Waals surface area contributed by atoms with E-state index in [9.17, 15) is 9.90 Å². The summed E-state index contributed by atoms with van der Waals surface area (Å²) in [5.74, 6) is -0.628. The van der Waals surface area contributed by atoms with Crippen molar-refractivity contribution in [1.82, 2.24) is 4.98 Å². The van der Waals surface area contributed by atoms with Gasteiger partial charge in [0.1, 0.15) is 11.3 Å². The van der Waals surface area contributed by atoms with E-state index >= 15 is 0 Å². The van der Waals surface area contributed by atoms with Crippen LogP contribution in [0.25, 0.3) is 0 Å². The molecule has 1 aromatic heterocycles. The highest BCUT2D eigenvalue weighted by Crippen LogP contribution is 2.28. The minimum absolute atomic E-state index is 0.0619. The maximum Gasteiger partial charge on any atom is 0.339 e. The van der Waals surface area contributed by atoms with E-state index in [1.807, 2.05) is 6.07 Å². The van der Waals surface area contributed by atoms with E-state index in [0.717, 1.165) is 0 Å². The number of aromatic carboxylic acids is 1. The second-order valence-electron chi connectivity index (χ2n) is 4.31. The van der Waals surface area contributed by atoms with Crippen molar-refractivity contribution in [1.29, 1.82) is 5.26 Å². The van der Waals surface area contributed by atoms with Crippen molar-refractivity contribution >= 4 is 5.97 Å². The second kappa shape index (κ2) is 5.41. The summed E-state index contributed by atoms with van der Waals surface area (Å²) in [7, 11) is 0. The lowest BCUT2D eigenvalue weighted by Crippen LogP contribution is -2.02. The quantitative estimate of drug-likeness (QED) is 0.924. The standard InChI is InChI=1S/C15H12N2O3/c1-9-4-3-5-12(15(18)19)14(9)20-13-7-11(8-16)6-10(2)17-13/h3-7H,1-2H3,(H,18,19). The fraction of sp³-hybridized carbons (Fsp3) is 0.133. The topological polar surface area (TPSA) is 83.2 Å². The van der Waals surface area contributed by atoms with E-state index in [2.05, 4.69) is 4.98 Å². The van der Waals surface area contributed by atoms with Crippen LogP contribution in [0.15, 0.2) is 30.3 Å². The number of para-hydroxylation sites is 1. The molecule has 0 saturated carbocycles. The van der Waals surface area contributed by atoms with Crippen molar-refractivity contribution in [3.05, 3.63) is 52.7 Å². The number of hydrogen-bond donors (Lipinski definition) is 1. The van der Waals surface area contributed by atoms with Crippen LogP contribution in [0.1, 0.15) is 27.2 Å². The van der Waals surface area contributed by atoms with Crippen LogP contribution in [0.4, 0.5) is 0 Å². The number of rotatable bonds is 3. The highest BCUT2D eigenvalue weighted by Gasteiger charge is 2.15. The molecule has 2 aromatic rings. The van der Waals surface area contributed by atoms with Crippen molar-refractivity contribution < 1.29 is 14.6 Å². The van der Waals surface area contributed by atoms with Gasteiger partial charge in [-0.3, -0.25) is 0 Å². The largest absolute Gasteiger partial charge is 0.478 e. The second-order valence-corrected chi connectivity index (χ2v) is 4.31. The lowest BCUT2D eigenvalue weighted by molar-refractivity contribution is 0.0694. The number of aromatic nitrogens is 1. The van der Waals surface area contributed by atoms with Crippen LogP contribution in [-0.4, -0.2) is 16.1 Å². The number of nitriles is 1. The molecule has 20 heavy (non-hydrogen) atoms. The third-order valence-electron chi connectivity index (χ3n) is 2.71. The van der Waals surface area contributed by atoms with Crippen molar-refractivity contribution in [2.24, 2.45) is 0 Å². The summed E-state index contributed by atoms with van der Waals surface area (Å²) in [6, 6.07) is 9.98. The molecule has 5 heteroatoms. The predicted octanol–water partition coefficient (Wildman–Crippen LogP) is 3.06. The first-order valence-electron chi connectivity index (χ1n) is 5.91. The number of nitrogens with zero attached hydrogens (tertiary/aromatic N) is 2. The normalized spacial score (nSPS) is 9.85. The minimum Gasteiger partial charge on any atom is -0.478 e. The van der Waals surface area contributed by atoms with Crippen LogP contribution in [0.5, 0.6) is 11.6 Å². The van der Waals surface area contributed by atoms with Crippen molar-refractivity contribution in [3.8, 4) is 17.7 Å². The smallest absolute Gasteiger partial charge is 0.339 e. The number of carboxylic acids is 1. The van der Waals surface area contributed by atoms with Gasteiger partial charge in [0.15, 0.2) is 0 Å². The maximum absolute atomic E-state index is 11.2. The molecular weight excluding hydrogens is 256 g/mol. The average molecular weight is 268 g/mol. The van der Waals surface area contributed by atoms with Gasteiger partial charge in [0.2, 0.25) is 5.88 Å². The monoisotopic (exact) mass is 268 g/mol. The maximum atomic E-state index is 11.2. The van der Waals surface area contributed by atoms with E-state index in [4.69, 9.17) is 10.00 Å². The van der Waals surface area contributed by atoms with E-state index in [1.165, 1.54) is 12.1 Å². The molecule has 2 rings (SSSR count). The van der Waals surface area contributed by atoms with Gasteiger partial charge < -0.3 is 9.84 Å². The molecule has 5 nitrogen and oxygen atoms in total. The molecule has 0 atom stereocenters. The summed E-state index contributed by atoms with van der Waals surface area (Å²) in [6.45, 7) is 3.49. The van der Waals surface area contributed by atoms with Gasteiger partial charge in [-0.2, -0.15) is 5.26 Å². The van der Waals surface area contributed by atoms with Crippen molar-refractivity contribution in [3.63, 3.8) is 0 Å². The van der Waals surface area contributed by atoms with Crippen LogP contribution < -0.4 is 4.74 Å². The summed E-state index contributed by atoms with van der Waals surface area (Å²) in [5, 5.41) is 18.1. The molecule has 0 radical (unpaired) electrons. The van der Waals surface area contributed by atoms with E-state index in [-0.39, 0.29) is 17.2 Å². The number of pyridine rings is 1. The van der Waals surface area contributed by atoms with Gasteiger partial charge in [0.25, 0.3) is 0 Å². The first-order valence-corrected chi connectivity index (χ1v) is 5.91. The predicted molar refractivity (Wildman–Crippen MR) is 71.9 cm³/mol. The Morgan fingerprint density at radius 3 is 2.75 bits per heavy atom. The molecule has 0 unspecified atom stereocenters. The number of hydrogen-bond acceptors (Lipinski definition) is 4. The first-order chi connectivity index (χ1) is 9.51. The molecule has 1 aromatic carbocycles. The molecule has 0 bridgehead atoms. The Morgan fingerprint density at radius 1 is 1.35 bits per heavy atom. The van der Waals surface area contributed by atoms with Gasteiger partial charge in [-0.15, -0.1) is 0 Å². The molecule has 0 saturated heterocycles. The zero-order valence-corrected chi connectivity index (χ0v) is 11.0. The van der Waals surface area contributed by atoms with Crippen LogP contribution in [-0.2, 0) is 0 Å². The zero-order valence-electron chi connectivity index (χ0n) is 11.0. The SMILES string of the molecule is Cc1cc(C#N)cc(Oc2c(C)cccc2C(=O)O)n1. The number of carboxylic acid groups (broad SMARTS) is 1. The van der Waals surface area contributed by atoms with Crippen LogP contribution >= 0.6 is 0 Å². The average Bonchev–Trinajstić information content (AvgIpc) is 2.40. The highest BCUT2D eigenvalue weighted by molar-refractivity contribution is 5.91. The Morgan fingerprint density at radius 2 is 2.10 bits per heavy atom. The summed E-state index contributed by atoms with van der Waals surface area (Å²) in [5.41, 5.74) is 1.79. The highest BCUT2D eigenvalue weighted by atomic mass is 16.5. The van der Waals surface area contributed by atoms with Gasteiger partial charge in [-0.1, -0.05) is 12.1 Å². The molecule has 0 amide bonds. The fourth-order valence-corrected chi connectivity index (χ4v) is 1.82. The van der Waals surface area contributed by atoms with Crippen molar-refractivity contribution in [2.45, 2.75) is 13.8 Å². The number of carbonyl (C=O) groups is 1.